The smallest absolute Gasteiger partial charge is 0.232 e. The highest BCUT2D eigenvalue weighted by Gasteiger charge is 2.38. The Bertz CT molecular complexity index is 646. The fourth-order valence-electron chi connectivity index (χ4n) is 4.11. The molecular formula is C20H37IN6O2. The number of ether oxygens (including phenoxy) is 1. The van der Waals surface area contributed by atoms with Crippen molar-refractivity contribution in [2.45, 2.75) is 70.4 Å². The molecule has 2 heterocycles. The molecule has 2 fully saturated rings. The van der Waals surface area contributed by atoms with E-state index in [2.05, 4.69) is 51.4 Å². The lowest BCUT2D eigenvalue weighted by molar-refractivity contribution is -0.0352. The van der Waals surface area contributed by atoms with Crippen molar-refractivity contribution in [1.82, 2.24) is 25.7 Å². The van der Waals surface area contributed by atoms with Crippen LogP contribution >= 0.6 is 24.0 Å². The number of guanidine groups is 1. The number of aromatic nitrogens is 2. The summed E-state index contributed by atoms with van der Waals surface area (Å²) in [4.78, 5) is 11.5. The second-order valence-electron chi connectivity index (χ2n) is 8.93. The maximum Gasteiger partial charge on any atom is 0.232 e. The fourth-order valence-corrected chi connectivity index (χ4v) is 4.11. The van der Waals surface area contributed by atoms with Crippen molar-refractivity contribution in [3.63, 3.8) is 0 Å². The van der Waals surface area contributed by atoms with E-state index in [1.165, 1.54) is 32.1 Å². The van der Waals surface area contributed by atoms with Gasteiger partial charge in [-0.1, -0.05) is 45.2 Å². The molecule has 1 aromatic heterocycles. The zero-order chi connectivity index (χ0) is 20.0. The molecule has 166 valence electrons. The lowest BCUT2D eigenvalue weighted by Gasteiger charge is -2.48. The van der Waals surface area contributed by atoms with Crippen LogP contribution in [0.4, 0.5) is 0 Å². The van der Waals surface area contributed by atoms with Crippen molar-refractivity contribution in [3.8, 4) is 0 Å². The minimum atomic E-state index is -0.142. The quantitative estimate of drug-likeness (QED) is 0.351. The summed E-state index contributed by atoms with van der Waals surface area (Å²) in [5.74, 6) is 2.08. The highest BCUT2D eigenvalue weighted by molar-refractivity contribution is 14.0. The molecule has 0 aromatic carbocycles. The minimum absolute atomic E-state index is 0. The first-order valence-corrected chi connectivity index (χ1v) is 10.5. The zero-order valence-corrected chi connectivity index (χ0v) is 20.6. The predicted molar refractivity (Wildman–Crippen MR) is 125 cm³/mol. The van der Waals surface area contributed by atoms with Gasteiger partial charge in [-0.3, -0.25) is 9.89 Å². The van der Waals surface area contributed by atoms with E-state index in [4.69, 9.17) is 9.26 Å². The van der Waals surface area contributed by atoms with Gasteiger partial charge in [-0.2, -0.15) is 4.98 Å². The summed E-state index contributed by atoms with van der Waals surface area (Å²) in [6.45, 7) is 11.3. The van der Waals surface area contributed by atoms with Gasteiger partial charge < -0.3 is 19.9 Å². The van der Waals surface area contributed by atoms with Gasteiger partial charge in [0.25, 0.3) is 0 Å². The summed E-state index contributed by atoms with van der Waals surface area (Å²) in [5.41, 5.74) is 0.0574. The van der Waals surface area contributed by atoms with Gasteiger partial charge in [0, 0.05) is 37.6 Å². The lowest BCUT2D eigenvalue weighted by atomic mass is 9.80. The van der Waals surface area contributed by atoms with Gasteiger partial charge >= 0.3 is 0 Å². The Kier molecular flexibility index (Phi) is 9.15. The SMILES string of the molecule is CN=C(NCc1noc(C(C)(C)C)n1)NCC1(N2CCOCC2)CCCCC1.I. The van der Waals surface area contributed by atoms with Gasteiger partial charge in [0.1, 0.15) is 0 Å². The van der Waals surface area contributed by atoms with E-state index in [-0.39, 0.29) is 34.9 Å². The molecule has 1 saturated carbocycles. The third kappa shape index (κ3) is 6.52. The molecule has 0 atom stereocenters. The van der Waals surface area contributed by atoms with Crippen LogP contribution < -0.4 is 10.6 Å². The molecule has 8 nitrogen and oxygen atoms in total. The second-order valence-corrected chi connectivity index (χ2v) is 8.93. The number of halogens is 1. The number of hydrogen-bond donors (Lipinski definition) is 2. The first-order chi connectivity index (χ1) is 13.4. The summed E-state index contributed by atoms with van der Waals surface area (Å²) in [7, 11) is 1.80. The normalized spacial score (nSPS) is 20.8. The molecular weight excluding hydrogens is 483 g/mol. The van der Waals surface area contributed by atoms with Gasteiger partial charge in [-0.15, -0.1) is 24.0 Å². The highest BCUT2D eigenvalue weighted by Crippen LogP contribution is 2.33. The average Bonchev–Trinajstić information content (AvgIpc) is 3.19. The third-order valence-corrected chi connectivity index (χ3v) is 5.80. The van der Waals surface area contributed by atoms with Crippen LogP contribution in [0.25, 0.3) is 0 Å². The predicted octanol–water partition coefficient (Wildman–Crippen LogP) is 2.69. The molecule has 0 radical (unpaired) electrons. The van der Waals surface area contributed by atoms with Crippen LogP contribution in [0.5, 0.6) is 0 Å². The standard InChI is InChI=1S/C20H36N6O2.HI/c1-19(2,3)17-24-16(25-28-17)14-22-18(21-4)23-15-20(8-6-5-7-9-20)26-10-12-27-13-11-26;/h5-15H2,1-4H3,(H2,21,22,23);1H. The molecule has 3 rings (SSSR count). The Morgan fingerprint density at radius 1 is 1.14 bits per heavy atom. The van der Waals surface area contributed by atoms with Crippen LogP contribution in [0.1, 0.15) is 64.6 Å². The zero-order valence-electron chi connectivity index (χ0n) is 18.3. The molecule has 29 heavy (non-hydrogen) atoms. The van der Waals surface area contributed by atoms with Crippen LogP contribution in [0.3, 0.4) is 0 Å². The van der Waals surface area contributed by atoms with E-state index >= 15 is 0 Å². The van der Waals surface area contributed by atoms with Crippen LogP contribution in [-0.2, 0) is 16.7 Å². The number of morpholine rings is 1. The van der Waals surface area contributed by atoms with Crippen molar-refractivity contribution in [3.05, 3.63) is 11.7 Å². The van der Waals surface area contributed by atoms with Gasteiger partial charge in [-0.25, -0.2) is 0 Å². The molecule has 0 bridgehead atoms. The Balaban J connectivity index is 0.00000300. The minimum Gasteiger partial charge on any atom is -0.379 e. The topological polar surface area (TPSA) is 87.8 Å². The Labute approximate surface area is 191 Å². The third-order valence-electron chi connectivity index (χ3n) is 5.80. The molecule has 9 heteroatoms. The number of aliphatic imine (C=N–C) groups is 1. The first-order valence-electron chi connectivity index (χ1n) is 10.5. The highest BCUT2D eigenvalue weighted by atomic mass is 127. The van der Waals surface area contributed by atoms with Crippen molar-refractivity contribution in [1.29, 1.82) is 0 Å². The van der Waals surface area contributed by atoms with E-state index in [1.54, 1.807) is 7.05 Å². The van der Waals surface area contributed by atoms with Gasteiger partial charge in [0.2, 0.25) is 5.89 Å². The number of nitrogens with zero attached hydrogens (tertiary/aromatic N) is 4. The molecule has 0 unspecified atom stereocenters. The van der Waals surface area contributed by atoms with E-state index in [1.807, 2.05) is 0 Å². The Morgan fingerprint density at radius 3 is 2.41 bits per heavy atom. The molecule has 2 N–H and O–H groups in total. The van der Waals surface area contributed by atoms with Crippen LogP contribution in [0.15, 0.2) is 9.52 Å². The van der Waals surface area contributed by atoms with Gasteiger partial charge in [0.15, 0.2) is 11.8 Å². The maximum absolute atomic E-state index is 5.57. The molecule has 1 aliphatic heterocycles. The number of hydrogen-bond acceptors (Lipinski definition) is 6. The summed E-state index contributed by atoms with van der Waals surface area (Å²) in [5, 5.41) is 10.9. The summed E-state index contributed by atoms with van der Waals surface area (Å²) in [6, 6.07) is 0. The van der Waals surface area contributed by atoms with E-state index in [0.717, 1.165) is 38.8 Å². The molecule has 2 aliphatic rings. The summed E-state index contributed by atoms with van der Waals surface area (Å²) >= 11 is 0. The summed E-state index contributed by atoms with van der Waals surface area (Å²) < 4.78 is 10.9. The molecule has 1 saturated heterocycles. The van der Waals surface area contributed by atoms with Crippen LogP contribution in [0, 0.1) is 0 Å². The largest absolute Gasteiger partial charge is 0.379 e. The lowest BCUT2D eigenvalue weighted by Crippen LogP contribution is -2.60. The second kappa shape index (κ2) is 10.9. The van der Waals surface area contributed by atoms with Crippen molar-refractivity contribution < 1.29 is 9.26 Å². The molecule has 0 spiro atoms. The maximum atomic E-state index is 5.57. The van der Waals surface area contributed by atoms with E-state index in [9.17, 15) is 0 Å². The average molecular weight is 520 g/mol. The number of rotatable bonds is 5. The van der Waals surface area contributed by atoms with Crippen molar-refractivity contribution in [2.75, 3.05) is 39.9 Å². The van der Waals surface area contributed by atoms with E-state index in [0.29, 0.717) is 18.3 Å². The Morgan fingerprint density at radius 2 is 1.83 bits per heavy atom. The fraction of sp³-hybridized carbons (Fsp3) is 0.850. The van der Waals surface area contributed by atoms with Crippen LogP contribution in [0.2, 0.25) is 0 Å². The number of nitrogens with one attached hydrogen (secondary N) is 2. The summed E-state index contributed by atoms with van der Waals surface area (Å²) in [6.07, 6.45) is 6.40. The molecule has 0 amide bonds. The van der Waals surface area contributed by atoms with Gasteiger partial charge in [0.05, 0.1) is 19.8 Å². The van der Waals surface area contributed by atoms with Gasteiger partial charge in [-0.05, 0) is 12.8 Å². The first kappa shape index (κ1) is 24.3. The monoisotopic (exact) mass is 520 g/mol. The molecule has 1 aliphatic carbocycles. The van der Waals surface area contributed by atoms with Crippen LogP contribution in [-0.4, -0.2) is 66.4 Å². The van der Waals surface area contributed by atoms with E-state index < -0.39 is 0 Å². The van der Waals surface area contributed by atoms with Crippen molar-refractivity contribution >= 4 is 29.9 Å². The van der Waals surface area contributed by atoms with Crippen molar-refractivity contribution in [2.24, 2.45) is 4.99 Å². The Hall–Kier alpha value is -0.940. The molecule has 1 aromatic rings.